The first-order valence-corrected chi connectivity index (χ1v) is 2.41. The number of nitrogens with one attached hydrogen (secondary N) is 1. The van der Waals surface area contributed by atoms with Crippen molar-refractivity contribution in [3.63, 3.8) is 0 Å². The van der Waals surface area contributed by atoms with E-state index < -0.39 is 6.09 Å². The van der Waals surface area contributed by atoms with Crippen molar-refractivity contribution in [1.29, 1.82) is 0 Å². The predicted molar refractivity (Wildman–Crippen MR) is 31.3 cm³/mol. The lowest BCUT2D eigenvalue weighted by Crippen LogP contribution is -2.20. The van der Waals surface area contributed by atoms with Crippen molar-refractivity contribution in [3.8, 4) is 0 Å². The zero-order valence-electron chi connectivity index (χ0n) is 4.61. The summed E-state index contributed by atoms with van der Waals surface area (Å²) in [5.41, 5.74) is 0. The Morgan fingerprint density at radius 1 is 1.44 bits per heavy atom. The lowest BCUT2D eigenvalue weighted by molar-refractivity contribution is 0.175. The maximum atomic E-state index is 10.2. The van der Waals surface area contributed by atoms with Crippen molar-refractivity contribution < 1.29 is 9.90 Å². The van der Waals surface area contributed by atoms with Crippen LogP contribution in [0.1, 0.15) is 0 Å². The second-order valence-electron chi connectivity index (χ2n) is 1.49. The maximum Gasteiger partial charge on any atom is 0.415 e. The summed E-state index contributed by atoms with van der Waals surface area (Å²) in [5.74, 6) is 0. The second kappa shape index (κ2) is 2.21. The monoisotopic (exact) mass is 126 g/mol. The lowest BCUT2D eigenvalue weighted by Gasteiger charge is -2.10. The molecular weight excluding hydrogens is 120 g/mol. The van der Waals surface area contributed by atoms with E-state index in [1.165, 1.54) is 24.8 Å². The summed E-state index contributed by atoms with van der Waals surface area (Å²) >= 11 is 0. The Kier molecular flexibility index (Phi) is 1.40. The number of carbonyl (C=O) groups is 1. The number of nitrogens with zero attached hydrogens (tertiary/aromatic N) is 1. The molecule has 0 bridgehead atoms. The zero-order valence-corrected chi connectivity index (χ0v) is 4.61. The molecule has 0 fully saturated rings. The highest BCUT2D eigenvalue weighted by Gasteiger charge is 2.03. The van der Waals surface area contributed by atoms with Gasteiger partial charge < -0.3 is 10.4 Å². The summed E-state index contributed by atoms with van der Waals surface area (Å²) < 4.78 is 0. The van der Waals surface area contributed by atoms with Crippen molar-refractivity contribution >= 4 is 6.09 Å². The summed E-state index contributed by atoms with van der Waals surface area (Å²) in [6, 6.07) is 0. The molecule has 2 N–H and O–H groups in total. The lowest BCUT2D eigenvalue weighted by atomic mass is 10.6. The first kappa shape index (κ1) is 5.68. The highest BCUT2D eigenvalue weighted by Crippen LogP contribution is 1.94. The first-order chi connectivity index (χ1) is 4.30. The van der Waals surface area contributed by atoms with Gasteiger partial charge in [0, 0.05) is 24.8 Å². The van der Waals surface area contributed by atoms with Crippen molar-refractivity contribution in [1.82, 2.24) is 10.2 Å². The highest BCUT2D eigenvalue weighted by atomic mass is 16.4. The van der Waals surface area contributed by atoms with E-state index in [1.54, 1.807) is 0 Å². The molecule has 0 unspecified atom stereocenters. The normalized spacial score (nSPS) is 15.3. The average molecular weight is 126 g/mol. The zero-order chi connectivity index (χ0) is 6.69. The fourth-order valence-corrected chi connectivity index (χ4v) is 0.479. The van der Waals surface area contributed by atoms with Crippen molar-refractivity contribution in [2.45, 2.75) is 0 Å². The third kappa shape index (κ3) is 1.22. The summed E-state index contributed by atoms with van der Waals surface area (Å²) in [7, 11) is 0. The van der Waals surface area contributed by atoms with Gasteiger partial charge in [-0.3, -0.25) is 4.90 Å². The molecular formula is C5H6N2O2. The van der Waals surface area contributed by atoms with E-state index in [2.05, 4.69) is 5.32 Å². The van der Waals surface area contributed by atoms with Crippen LogP contribution in [0.3, 0.4) is 0 Å². The van der Waals surface area contributed by atoms with Crippen LogP contribution in [0.15, 0.2) is 24.8 Å². The Balaban J connectivity index is 2.60. The van der Waals surface area contributed by atoms with Gasteiger partial charge in [-0.1, -0.05) is 0 Å². The topological polar surface area (TPSA) is 52.6 Å². The van der Waals surface area contributed by atoms with E-state index in [-0.39, 0.29) is 0 Å². The maximum absolute atomic E-state index is 10.2. The Hall–Kier alpha value is -1.45. The average Bonchev–Trinajstić information content (AvgIpc) is 1.90. The number of hydrogen-bond acceptors (Lipinski definition) is 2. The highest BCUT2D eigenvalue weighted by molar-refractivity contribution is 5.67. The van der Waals surface area contributed by atoms with Crippen LogP contribution < -0.4 is 5.32 Å². The molecule has 9 heavy (non-hydrogen) atoms. The molecule has 48 valence electrons. The van der Waals surface area contributed by atoms with Crippen LogP contribution in [0.25, 0.3) is 0 Å². The number of hydrogen-bond donors (Lipinski definition) is 2. The summed E-state index contributed by atoms with van der Waals surface area (Å²) in [4.78, 5) is 11.2. The van der Waals surface area contributed by atoms with Gasteiger partial charge in [-0.25, -0.2) is 4.79 Å². The van der Waals surface area contributed by atoms with E-state index in [0.717, 1.165) is 4.90 Å². The van der Waals surface area contributed by atoms with Gasteiger partial charge in [-0.2, -0.15) is 0 Å². The molecule has 0 saturated heterocycles. The molecule has 4 nitrogen and oxygen atoms in total. The van der Waals surface area contributed by atoms with Crippen molar-refractivity contribution in [2.24, 2.45) is 0 Å². The number of rotatable bonds is 0. The molecule has 0 spiro atoms. The third-order valence-corrected chi connectivity index (χ3v) is 0.884. The molecule has 0 aromatic rings. The van der Waals surface area contributed by atoms with Gasteiger partial charge in [0.15, 0.2) is 0 Å². The van der Waals surface area contributed by atoms with E-state index in [1.807, 2.05) is 0 Å². The molecule has 1 rings (SSSR count). The summed E-state index contributed by atoms with van der Waals surface area (Å²) in [6.07, 6.45) is 4.93. The number of carboxylic acid groups (broad SMARTS) is 1. The Morgan fingerprint density at radius 3 is 2.33 bits per heavy atom. The minimum atomic E-state index is -0.982. The molecule has 0 aromatic carbocycles. The molecule has 1 heterocycles. The molecule has 0 radical (unpaired) electrons. The van der Waals surface area contributed by atoms with Crippen LogP contribution in [0.4, 0.5) is 4.79 Å². The molecule has 0 aromatic heterocycles. The summed E-state index contributed by atoms with van der Waals surface area (Å²) in [5, 5.41) is 11.0. The van der Waals surface area contributed by atoms with Gasteiger partial charge >= 0.3 is 6.09 Å². The van der Waals surface area contributed by atoms with Crippen LogP contribution in [-0.4, -0.2) is 16.1 Å². The minimum absolute atomic E-state index is 0.982. The van der Waals surface area contributed by atoms with E-state index in [0.29, 0.717) is 0 Å². The molecule has 0 aliphatic carbocycles. The predicted octanol–water partition coefficient (Wildman–Crippen LogP) is 0.512. The largest absolute Gasteiger partial charge is 0.464 e. The second-order valence-corrected chi connectivity index (χ2v) is 1.49. The van der Waals surface area contributed by atoms with E-state index in [9.17, 15) is 4.79 Å². The van der Waals surface area contributed by atoms with E-state index >= 15 is 0 Å². The van der Waals surface area contributed by atoms with Gasteiger partial charge in [0.25, 0.3) is 0 Å². The fraction of sp³-hybridized carbons (Fsp3) is 0. The molecule has 1 aliphatic heterocycles. The molecule has 1 aliphatic rings. The third-order valence-electron chi connectivity index (χ3n) is 0.884. The fourth-order valence-electron chi connectivity index (χ4n) is 0.479. The minimum Gasteiger partial charge on any atom is -0.464 e. The van der Waals surface area contributed by atoms with Crippen LogP contribution in [0.2, 0.25) is 0 Å². The number of amides is 1. The Labute approximate surface area is 52.1 Å². The molecule has 1 amide bonds. The van der Waals surface area contributed by atoms with Crippen LogP contribution >= 0.6 is 0 Å². The molecule has 0 atom stereocenters. The Bertz CT molecular complexity index is 162. The van der Waals surface area contributed by atoms with Gasteiger partial charge in [-0.05, 0) is 0 Å². The van der Waals surface area contributed by atoms with Crippen LogP contribution in [0.5, 0.6) is 0 Å². The van der Waals surface area contributed by atoms with Gasteiger partial charge in [-0.15, -0.1) is 0 Å². The standard InChI is InChI=1S/C5H6N2O2/c8-5(9)7-3-1-6-2-4-7/h1-4,6H,(H,8,9). The van der Waals surface area contributed by atoms with Crippen LogP contribution in [-0.2, 0) is 0 Å². The van der Waals surface area contributed by atoms with Crippen molar-refractivity contribution in [3.05, 3.63) is 24.8 Å². The smallest absolute Gasteiger partial charge is 0.415 e. The van der Waals surface area contributed by atoms with Crippen LogP contribution in [0, 0.1) is 0 Å². The van der Waals surface area contributed by atoms with Crippen molar-refractivity contribution in [2.75, 3.05) is 0 Å². The van der Waals surface area contributed by atoms with Gasteiger partial charge in [0.1, 0.15) is 0 Å². The molecule has 4 heteroatoms. The van der Waals surface area contributed by atoms with E-state index in [4.69, 9.17) is 5.11 Å². The van der Waals surface area contributed by atoms with Gasteiger partial charge in [0.05, 0.1) is 0 Å². The quantitative estimate of drug-likeness (QED) is 0.497. The SMILES string of the molecule is O=C(O)N1C=CNC=C1. The Morgan fingerprint density at radius 2 is 2.00 bits per heavy atom. The summed E-state index contributed by atoms with van der Waals surface area (Å²) in [6.45, 7) is 0. The van der Waals surface area contributed by atoms with Gasteiger partial charge in [0.2, 0.25) is 0 Å². The molecule has 0 saturated carbocycles. The first-order valence-electron chi connectivity index (χ1n) is 2.41.